The number of nitrogens with zero attached hydrogens (tertiary/aromatic N) is 4. The molecule has 0 saturated heterocycles. The molecule has 0 amide bonds. The van der Waals surface area contributed by atoms with Crippen molar-refractivity contribution in [2.75, 3.05) is 0 Å². The van der Waals surface area contributed by atoms with E-state index in [-0.39, 0.29) is 22.1 Å². The number of hydrogen-bond acceptors (Lipinski definition) is 2. The monoisotopic (exact) mass is 1090 g/mol. The number of benzene rings is 11. The summed E-state index contributed by atoms with van der Waals surface area (Å²) in [4.78, 5) is 4.91. The fourth-order valence-corrected chi connectivity index (χ4v) is 17.5. The number of aromatic nitrogens is 4. The Bertz CT molecular complexity index is 5130. The van der Waals surface area contributed by atoms with Gasteiger partial charge in [-0.2, -0.15) is 0 Å². The van der Waals surface area contributed by atoms with E-state index < -0.39 is 45.1 Å². The topological polar surface area (TPSA) is 35.9 Å². The first-order valence-electron chi connectivity index (χ1n) is 31.9. The third-order valence-electron chi connectivity index (χ3n) is 16.5. The Morgan fingerprint density at radius 3 is 1.83 bits per heavy atom. The summed E-state index contributed by atoms with van der Waals surface area (Å²) in [6.07, 6.45) is 5.66. The summed E-state index contributed by atoms with van der Waals surface area (Å²) in [7, 11) is -3.29. The van der Waals surface area contributed by atoms with Crippen LogP contribution >= 0.6 is 0 Å². The van der Waals surface area contributed by atoms with Gasteiger partial charge >= 0.3 is 0 Å². The summed E-state index contributed by atoms with van der Waals surface area (Å²) < 4.78 is 86.9. The Morgan fingerprint density at radius 2 is 1.11 bits per heavy atom. The summed E-state index contributed by atoms with van der Waals surface area (Å²) >= 11 is 0. The normalized spacial score (nSPS) is 13.6. The molecule has 0 saturated carbocycles. The maximum atomic E-state index is 9.66. The van der Waals surface area contributed by atoms with E-state index in [1.54, 1.807) is 6.07 Å². The van der Waals surface area contributed by atoms with E-state index in [1.165, 1.54) is 11.6 Å². The van der Waals surface area contributed by atoms with E-state index in [0.717, 1.165) is 70.6 Å². The van der Waals surface area contributed by atoms with Gasteiger partial charge in [0.25, 0.3) is 6.33 Å². The first-order valence-corrected chi connectivity index (χ1v) is 29.9. The molecule has 0 spiro atoms. The smallest absolute Gasteiger partial charge is 0.269 e. The number of fused-ring (bicyclic) bond motifs is 10. The second kappa shape index (κ2) is 19.8. The van der Waals surface area contributed by atoms with Gasteiger partial charge in [-0.15, -0.1) is 0 Å². The molecule has 0 N–H and O–H groups in total. The molecule has 0 radical (unpaired) electrons. The lowest BCUT2D eigenvalue weighted by Gasteiger charge is -2.35. The highest BCUT2D eigenvalue weighted by molar-refractivity contribution is 7.20. The van der Waals surface area contributed by atoms with E-state index in [2.05, 4.69) is 183 Å². The Kier molecular flexibility index (Phi) is 9.99. The van der Waals surface area contributed by atoms with Gasteiger partial charge in [0.05, 0.1) is 40.3 Å². The minimum absolute atomic E-state index is 0.0720. The zero-order valence-corrected chi connectivity index (χ0v) is 46.9. The number of hydrogen-bond donors (Lipinski definition) is 0. The predicted octanol–water partition coefficient (Wildman–Crippen LogP) is 16.0. The van der Waals surface area contributed by atoms with Crippen LogP contribution in [0.3, 0.4) is 0 Å². The fraction of sp³-hybridized carbons (Fsp3) is 0.0649. The summed E-state index contributed by atoms with van der Waals surface area (Å²) in [5.41, 5.74) is 9.91. The highest BCUT2D eigenvalue weighted by atomic mass is 28.3. The lowest BCUT2D eigenvalue weighted by molar-refractivity contribution is -0.570. The number of pyridine rings is 1. The zero-order valence-electron chi connectivity index (χ0n) is 53.9. The van der Waals surface area contributed by atoms with Crippen LogP contribution in [0.1, 0.15) is 42.9 Å². The summed E-state index contributed by atoms with van der Waals surface area (Å²) in [5, 5.41) is 6.57. The van der Waals surface area contributed by atoms with Gasteiger partial charge in [-0.25, -0.2) is 4.98 Å². The van der Waals surface area contributed by atoms with Crippen molar-refractivity contribution in [1.82, 2.24) is 14.1 Å². The molecule has 0 aliphatic carbocycles. The molecule has 83 heavy (non-hydrogen) atoms. The van der Waals surface area contributed by atoms with Gasteiger partial charge < -0.3 is 4.74 Å². The lowest BCUT2D eigenvalue weighted by atomic mass is 9.87. The number of aryl methyl sites for hydroxylation is 1. The quantitative estimate of drug-likeness (QED) is 0.0625. The van der Waals surface area contributed by atoms with Gasteiger partial charge in [0.15, 0.2) is 8.07 Å². The van der Waals surface area contributed by atoms with Gasteiger partial charge in [-0.3, -0.25) is 13.7 Å². The Morgan fingerprint density at radius 1 is 0.494 bits per heavy atom. The molecule has 11 aromatic carbocycles. The Hall–Kier alpha value is -10.1. The number of ether oxygens (including phenoxy) is 1. The van der Waals surface area contributed by atoms with Crippen LogP contribution in [0, 0.1) is 13.2 Å². The molecular formula is C77H58N4OSi. The van der Waals surface area contributed by atoms with Crippen LogP contribution in [0.25, 0.3) is 94.5 Å². The largest absolute Gasteiger partial charge is 0.458 e. The average Bonchev–Trinajstić information content (AvgIpc) is 1.69. The molecule has 4 heterocycles. The molecule has 15 rings (SSSR count). The van der Waals surface area contributed by atoms with Crippen LogP contribution in [-0.2, 0) is 5.41 Å². The van der Waals surface area contributed by atoms with Gasteiger partial charge in [-0.1, -0.05) is 245 Å². The van der Waals surface area contributed by atoms with E-state index >= 15 is 0 Å². The zero-order chi connectivity index (χ0) is 62.7. The summed E-state index contributed by atoms with van der Waals surface area (Å²) in [6.45, 7) is 3.87. The van der Waals surface area contributed by atoms with Gasteiger partial charge in [0, 0.05) is 27.1 Å². The average molecular weight is 1090 g/mol. The predicted molar refractivity (Wildman–Crippen MR) is 345 cm³/mol. The second-order valence-corrected chi connectivity index (χ2v) is 26.1. The first kappa shape index (κ1) is 41.8. The van der Waals surface area contributed by atoms with E-state index in [9.17, 15) is 6.85 Å². The molecule has 1 aliphatic rings. The van der Waals surface area contributed by atoms with Crippen LogP contribution in [0.5, 0.6) is 11.5 Å². The van der Waals surface area contributed by atoms with Gasteiger partial charge in [0.1, 0.15) is 17.3 Å². The van der Waals surface area contributed by atoms with Crippen molar-refractivity contribution < 1.29 is 20.3 Å². The summed E-state index contributed by atoms with van der Waals surface area (Å²) in [6, 6.07) is 79.8. The lowest BCUT2D eigenvalue weighted by Crippen LogP contribution is -2.74. The van der Waals surface area contributed by atoms with Crippen molar-refractivity contribution >= 4 is 61.7 Å². The third kappa shape index (κ3) is 8.27. The molecule has 1 aliphatic heterocycles. The molecule has 6 heteroatoms. The van der Waals surface area contributed by atoms with Crippen molar-refractivity contribution in [3.05, 3.63) is 297 Å². The molecule has 0 atom stereocenters. The maximum absolute atomic E-state index is 9.66. The molecular weight excluding hydrogens is 1020 g/mol. The standard InChI is InChI=1S/C77H58N4OSi/c1-52-45-68(53-23-9-5-10-24-53)75-70(46-52)69-50-61(83(58-27-11-6-12-28-58,59-29-13-7-14-30-59)60-31-15-8-16-32-60)40-42-64(69)62-33-17-18-34-63(62)67-36-22-38-72-76(67)80(75)51-79(72)55-25-21-26-56(48-55)82-57-39-41-66-65-35-19-20-37-71(65)81(73(66)49-57)74-47-54(43-44-78-74)77(2,3)4/h5-50H,1-4H3/i1D3,5D,9D,10D,23D,24D. The Labute approximate surface area is 496 Å². The van der Waals surface area contributed by atoms with Crippen LogP contribution in [-0.4, -0.2) is 22.2 Å². The second-order valence-electron chi connectivity index (χ2n) is 22.3. The molecule has 0 fully saturated rings. The van der Waals surface area contributed by atoms with E-state index in [1.807, 2.05) is 94.2 Å². The van der Waals surface area contributed by atoms with Crippen LogP contribution in [0.2, 0.25) is 0 Å². The number of imidazole rings is 1. The summed E-state index contributed by atoms with van der Waals surface area (Å²) in [5.74, 6) is 1.96. The Balaban J connectivity index is 1.01. The molecule has 0 bridgehead atoms. The van der Waals surface area contributed by atoms with Gasteiger partial charge in [-0.05, 0) is 132 Å². The van der Waals surface area contributed by atoms with Crippen LogP contribution < -0.4 is 30.1 Å². The van der Waals surface area contributed by atoms with Crippen molar-refractivity contribution in [2.45, 2.75) is 33.0 Å². The molecule has 396 valence electrons. The van der Waals surface area contributed by atoms with Crippen molar-refractivity contribution in [2.24, 2.45) is 0 Å². The van der Waals surface area contributed by atoms with E-state index in [0.29, 0.717) is 45.0 Å². The first-order chi connectivity index (χ1) is 44.0. The highest BCUT2D eigenvalue weighted by Crippen LogP contribution is 2.46. The molecule has 0 unspecified atom stereocenters. The molecule has 3 aromatic heterocycles. The van der Waals surface area contributed by atoms with Crippen molar-refractivity contribution in [3.63, 3.8) is 0 Å². The number of para-hydroxylation sites is 2. The van der Waals surface area contributed by atoms with Crippen LogP contribution in [0.15, 0.2) is 279 Å². The third-order valence-corrected chi connectivity index (χ3v) is 21.2. The molecule has 5 nitrogen and oxygen atoms in total. The minimum atomic E-state index is -3.29. The minimum Gasteiger partial charge on any atom is -0.458 e. The SMILES string of the molecule is [2H]c1c([2H])c([2H])c(-c2cc(C([2H])([2H])[2H])cc3c2-[n+]2[c-]n(-c4cccc(Oc5ccc6c7ccccc7n(-c7cc(C(C)(C)C)ccn7)c6c5)c4)c4cccc(c42)-c2ccccc2-c2ccc([Si](c4ccccc4)(c4ccccc4)c4ccccc4)cc2-3)c([2H])c1[2H]. The number of rotatable bonds is 9. The molecule has 14 aromatic rings. The van der Waals surface area contributed by atoms with Crippen molar-refractivity contribution in [1.29, 1.82) is 0 Å². The van der Waals surface area contributed by atoms with E-state index in [4.69, 9.17) is 13.8 Å². The fourth-order valence-electron chi connectivity index (χ4n) is 12.7. The highest BCUT2D eigenvalue weighted by Gasteiger charge is 2.42. The van der Waals surface area contributed by atoms with Crippen LogP contribution in [0.4, 0.5) is 0 Å². The van der Waals surface area contributed by atoms with Gasteiger partial charge in [0.2, 0.25) is 0 Å². The van der Waals surface area contributed by atoms with Crippen molar-refractivity contribution in [3.8, 4) is 73.2 Å². The maximum Gasteiger partial charge on any atom is 0.269 e.